The van der Waals surface area contributed by atoms with Crippen LogP contribution in [0.5, 0.6) is 0 Å². The zero-order valence-electron chi connectivity index (χ0n) is 21.9. The molecule has 0 aliphatic heterocycles. The summed E-state index contributed by atoms with van der Waals surface area (Å²) in [7, 11) is 1.69. The third kappa shape index (κ3) is 5.86. The molecule has 2 heterocycles. The molecular weight excluding hydrogens is 519 g/mol. The average molecular weight is 546 g/mol. The highest BCUT2D eigenvalue weighted by Gasteiger charge is 2.30. The number of hydrogen-bond acceptors (Lipinski definition) is 5. The van der Waals surface area contributed by atoms with Crippen molar-refractivity contribution in [2.75, 3.05) is 18.6 Å². The van der Waals surface area contributed by atoms with Gasteiger partial charge in [-0.05, 0) is 60.5 Å². The van der Waals surface area contributed by atoms with E-state index in [9.17, 15) is 18.0 Å². The molecule has 0 atom stereocenters. The first-order valence-corrected chi connectivity index (χ1v) is 12.6. The third-order valence-corrected chi connectivity index (χ3v) is 6.52. The summed E-state index contributed by atoms with van der Waals surface area (Å²) in [5, 5.41) is 4.59. The van der Waals surface area contributed by atoms with Gasteiger partial charge in [0.2, 0.25) is 0 Å². The quantitative estimate of drug-likeness (QED) is 0.214. The molecule has 0 spiro atoms. The van der Waals surface area contributed by atoms with Gasteiger partial charge in [-0.1, -0.05) is 30.3 Å². The van der Waals surface area contributed by atoms with E-state index in [1.807, 2.05) is 43.3 Å². The summed E-state index contributed by atoms with van der Waals surface area (Å²) in [6.45, 7) is 3.17. The zero-order valence-corrected chi connectivity index (χ0v) is 21.9. The van der Waals surface area contributed by atoms with Crippen LogP contribution in [0.15, 0.2) is 85.2 Å². The van der Waals surface area contributed by atoms with Crippen LogP contribution in [-0.2, 0) is 24.1 Å². The van der Waals surface area contributed by atoms with Crippen molar-refractivity contribution < 1.29 is 22.7 Å². The number of alkyl halides is 3. The Morgan fingerprint density at radius 1 is 1.02 bits per heavy atom. The van der Waals surface area contributed by atoms with E-state index >= 15 is 0 Å². The van der Waals surface area contributed by atoms with Gasteiger partial charge in [-0.3, -0.25) is 9.48 Å². The van der Waals surface area contributed by atoms with Crippen LogP contribution >= 0.6 is 0 Å². The number of ether oxygens (including phenoxy) is 1. The molecular formula is C30H26F3N5O2. The fourth-order valence-electron chi connectivity index (χ4n) is 4.41. The van der Waals surface area contributed by atoms with Gasteiger partial charge in [0.25, 0.3) is 5.91 Å². The zero-order chi connectivity index (χ0) is 28.3. The highest BCUT2D eigenvalue weighted by atomic mass is 19.4. The molecule has 5 aromatic rings. The van der Waals surface area contributed by atoms with Gasteiger partial charge in [0.1, 0.15) is 5.69 Å². The van der Waals surface area contributed by atoms with E-state index in [4.69, 9.17) is 4.74 Å². The molecule has 0 saturated carbocycles. The number of amides is 1. The van der Waals surface area contributed by atoms with Gasteiger partial charge in [-0.15, -0.1) is 0 Å². The Balaban J connectivity index is 1.28. The molecule has 0 radical (unpaired) electrons. The molecule has 1 amide bonds. The lowest BCUT2D eigenvalue weighted by molar-refractivity contribution is -0.137. The Morgan fingerprint density at radius 2 is 1.82 bits per heavy atom. The second-order valence-corrected chi connectivity index (χ2v) is 9.31. The number of anilines is 1. The number of benzene rings is 3. The lowest BCUT2D eigenvalue weighted by Crippen LogP contribution is -2.29. The van der Waals surface area contributed by atoms with Crippen LogP contribution in [0.4, 0.5) is 18.9 Å². The molecule has 2 aromatic heterocycles. The predicted octanol–water partition coefficient (Wildman–Crippen LogP) is 6.31. The number of aryl methyl sites for hydroxylation is 1. The summed E-state index contributed by atoms with van der Waals surface area (Å²) in [4.78, 5) is 23.6. The van der Waals surface area contributed by atoms with Crippen LogP contribution in [0, 0.1) is 6.92 Å². The molecule has 0 N–H and O–H groups in total. The van der Waals surface area contributed by atoms with Gasteiger partial charge in [-0.2, -0.15) is 18.3 Å². The molecule has 0 saturated heterocycles. The summed E-state index contributed by atoms with van der Waals surface area (Å²) in [6.07, 6.45) is -1.46. The summed E-state index contributed by atoms with van der Waals surface area (Å²) in [5.41, 5.74) is 3.36. The molecule has 7 nitrogen and oxygen atoms in total. The van der Waals surface area contributed by atoms with Crippen molar-refractivity contribution in [3.05, 3.63) is 108 Å². The van der Waals surface area contributed by atoms with Crippen molar-refractivity contribution in [2.45, 2.75) is 26.3 Å². The summed E-state index contributed by atoms with van der Waals surface area (Å²) in [5.74, 6) is 0.156. The number of nitrogens with zero attached hydrogens (tertiary/aromatic N) is 5. The van der Waals surface area contributed by atoms with Crippen molar-refractivity contribution in [2.24, 2.45) is 0 Å². The number of halogens is 3. The Hall–Kier alpha value is -4.57. The van der Waals surface area contributed by atoms with Crippen LogP contribution in [0.3, 0.4) is 0 Å². The van der Waals surface area contributed by atoms with Gasteiger partial charge in [-0.25, -0.2) is 9.97 Å². The van der Waals surface area contributed by atoms with E-state index in [1.165, 1.54) is 12.3 Å². The molecule has 40 heavy (non-hydrogen) atoms. The topological polar surface area (TPSA) is 73.1 Å². The van der Waals surface area contributed by atoms with Gasteiger partial charge < -0.3 is 9.64 Å². The number of hydrogen-bond donors (Lipinski definition) is 0. The Bertz CT molecular complexity index is 1650. The third-order valence-electron chi connectivity index (χ3n) is 6.52. The fraction of sp³-hybridized carbons (Fsp3) is 0.200. The standard InChI is InChI=1S/C30H26F3N5O2/c1-20-16-22(28-34-18-23-17-24(30(31,32)33)9-10-25(23)36-28)8-11-26(20)37(2)29(39)27-12-13-35-38(27)14-15-40-19-21-6-4-3-5-7-21/h3-13,16-18H,14-15,19H2,1-2H3. The number of fused-ring (bicyclic) bond motifs is 1. The number of rotatable bonds is 8. The fourth-order valence-corrected chi connectivity index (χ4v) is 4.41. The van der Waals surface area contributed by atoms with Crippen molar-refractivity contribution in [3.8, 4) is 11.4 Å². The van der Waals surface area contributed by atoms with Gasteiger partial charge in [0.15, 0.2) is 5.82 Å². The lowest BCUT2D eigenvalue weighted by atomic mass is 10.1. The molecule has 0 bridgehead atoms. The first-order valence-electron chi connectivity index (χ1n) is 12.6. The van der Waals surface area contributed by atoms with E-state index < -0.39 is 11.7 Å². The van der Waals surface area contributed by atoms with Crippen LogP contribution in [0.1, 0.15) is 27.2 Å². The maximum Gasteiger partial charge on any atom is 0.416 e. The second kappa shape index (κ2) is 11.3. The maximum atomic E-state index is 13.4. The summed E-state index contributed by atoms with van der Waals surface area (Å²) >= 11 is 0. The minimum atomic E-state index is -4.43. The number of carbonyl (C=O) groups is 1. The Morgan fingerprint density at radius 3 is 2.58 bits per heavy atom. The molecule has 10 heteroatoms. The monoisotopic (exact) mass is 545 g/mol. The first-order chi connectivity index (χ1) is 19.2. The second-order valence-electron chi connectivity index (χ2n) is 9.31. The molecule has 0 unspecified atom stereocenters. The van der Waals surface area contributed by atoms with E-state index in [0.717, 1.165) is 23.3 Å². The van der Waals surface area contributed by atoms with E-state index in [2.05, 4.69) is 15.1 Å². The van der Waals surface area contributed by atoms with Gasteiger partial charge >= 0.3 is 6.18 Å². The number of aromatic nitrogens is 4. The van der Waals surface area contributed by atoms with Crippen molar-refractivity contribution in [1.29, 1.82) is 0 Å². The van der Waals surface area contributed by atoms with Gasteiger partial charge in [0, 0.05) is 36.1 Å². The minimum absolute atomic E-state index is 0.223. The van der Waals surface area contributed by atoms with Crippen molar-refractivity contribution in [1.82, 2.24) is 19.7 Å². The van der Waals surface area contributed by atoms with Gasteiger partial charge in [0.05, 0.1) is 30.8 Å². The smallest absolute Gasteiger partial charge is 0.375 e. The van der Waals surface area contributed by atoms with Crippen LogP contribution < -0.4 is 4.90 Å². The molecule has 3 aromatic carbocycles. The summed E-state index contributed by atoms with van der Waals surface area (Å²) < 4.78 is 46.4. The largest absolute Gasteiger partial charge is 0.416 e. The van der Waals surface area contributed by atoms with E-state index in [0.29, 0.717) is 53.4 Å². The van der Waals surface area contributed by atoms with E-state index in [1.54, 1.807) is 41.0 Å². The molecule has 0 aliphatic carbocycles. The Labute approximate surface area is 228 Å². The minimum Gasteiger partial charge on any atom is -0.375 e. The highest BCUT2D eigenvalue weighted by molar-refractivity contribution is 6.05. The normalized spacial score (nSPS) is 11.6. The highest BCUT2D eigenvalue weighted by Crippen LogP contribution is 2.32. The first kappa shape index (κ1) is 27.0. The lowest BCUT2D eigenvalue weighted by Gasteiger charge is -2.20. The Kier molecular flexibility index (Phi) is 7.61. The molecule has 0 fully saturated rings. The molecule has 5 rings (SSSR count). The summed E-state index contributed by atoms with van der Waals surface area (Å²) in [6, 6.07) is 20.3. The average Bonchev–Trinajstić information content (AvgIpc) is 3.42. The van der Waals surface area contributed by atoms with Crippen LogP contribution in [-0.4, -0.2) is 39.3 Å². The SMILES string of the molecule is Cc1cc(-c2ncc3cc(C(F)(F)F)ccc3n2)ccc1N(C)C(=O)c1ccnn1CCOCc1ccccc1. The van der Waals surface area contributed by atoms with Crippen LogP contribution in [0.2, 0.25) is 0 Å². The maximum absolute atomic E-state index is 13.4. The van der Waals surface area contributed by atoms with Crippen molar-refractivity contribution >= 4 is 22.5 Å². The van der Waals surface area contributed by atoms with Crippen molar-refractivity contribution in [3.63, 3.8) is 0 Å². The van der Waals surface area contributed by atoms with E-state index in [-0.39, 0.29) is 5.91 Å². The molecule has 204 valence electrons. The number of carbonyl (C=O) groups excluding carboxylic acids is 1. The predicted molar refractivity (Wildman–Crippen MR) is 146 cm³/mol. The van der Waals surface area contributed by atoms with Crippen LogP contribution in [0.25, 0.3) is 22.3 Å². The molecule has 0 aliphatic rings.